The fraction of sp³-hybridized carbons (Fsp3) is 1.00. The van der Waals surface area contributed by atoms with Gasteiger partial charge in [0.2, 0.25) is 0 Å². The lowest BCUT2D eigenvalue weighted by molar-refractivity contribution is 0.130. The Labute approximate surface area is 111 Å². The van der Waals surface area contributed by atoms with Crippen molar-refractivity contribution >= 4 is 9.84 Å². The zero-order valence-electron chi connectivity index (χ0n) is 11.9. The summed E-state index contributed by atoms with van der Waals surface area (Å²) in [5.41, 5.74) is 0. The zero-order valence-corrected chi connectivity index (χ0v) is 12.7. The quantitative estimate of drug-likeness (QED) is 0.845. The number of aliphatic hydroxyl groups is 1. The van der Waals surface area contributed by atoms with Crippen LogP contribution in [0.1, 0.15) is 46.5 Å². The fourth-order valence-electron chi connectivity index (χ4n) is 2.28. The second kappa shape index (κ2) is 6.35. The molecule has 1 N–H and O–H groups in total. The Balaban J connectivity index is 2.60. The van der Waals surface area contributed by atoms with Gasteiger partial charge in [0.15, 0.2) is 9.84 Å². The van der Waals surface area contributed by atoms with Crippen molar-refractivity contribution in [1.29, 1.82) is 0 Å². The topological polar surface area (TPSA) is 57.6 Å². The summed E-state index contributed by atoms with van der Waals surface area (Å²) < 4.78 is 23.5. The molecule has 0 aromatic carbocycles. The standard InChI is InChI=1S/C13H27NO3S/c1-13(2,3)18(16,17)10-9-14-8-6-4-5-7-12(14)11-15/h12,15H,4-11H2,1-3H3. The Bertz CT molecular complexity index is 346. The second-order valence-electron chi connectivity index (χ2n) is 6.15. The SMILES string of the molecule is CC(C)(C)S(=O)(=O)CCN1CCCCCC1CO. The van der Waals surface area contributed by atoms with Gasteiger partial charge in [-0.2, -0.15) is 0 Å². The highest BCUT2D eigenvalue weighted by molar-refractivity contribution is 7.92. The number of hydrogen-bond donors (Lipinski definition) is 1. The highest BCUT2D eigenvalue weighted by Crippen LogP contribution is 2.19. The predicted octanol–water partition coefficient (Wildman–Crippen LogP) is 1.44. The van der Waals surface area contributed by atoms with E-state index in [1.54, 1.807) is 20.8 Å². The molecule has 1 aliphatic rings. The minimum atomic E-state index is -3.06. The van der Waals surface area contributed by atoms with Gasteiger partial charge in [-0.1, -0.05) is 12.8 Å². The van der Waals surface area contributed by atoms with Gasteiger partial charge in [-0.05, 0) is 40.2 Å². The van der Waals surface area contributed by atoms with Crippen molar-refractivity contribution in [3.8, 4) is 0 Å². The van der Waals surface area contributed by atoms with E-state index in [4.69, 9.17) is 0 Å². The second-order valence-corrected chi connectivity index (χ2v) is 9.02. The van der Waals surface area contributed by atoms with Crippen LogP contribution in [-0.4, -0.2) is 54.7 Å². The van der Waals surface area contributed by atoms with Crippen LogP contribution in [-0.2, 0) is 9.84 Å². The van der Waals surface area contributed by atoms with Gasteiger partial charge in [0.1, 0.15) is 0 Å². The fourth-order valence-corrected chi connectivity index (χ4v) is 3.37. The molecule has 0 radical (unpaired) electrons. The lowest BCUT2D eigenvalue weighted by Gasteiger charge is -2.29. The van der Waals surface area contributed by atoms with Crippen LogP contribution in [0.25, 0.3) is 0 Å². The average Bonchev–Trinajstić information content (AvgIpc) is 2.49. The number of nitrogens with zero attached hydrogens (tertiary/aromatic N) is 1. The van der Waals surface area contributed by atoms with E-state index in [1.165, 1.54) is 6.42 Å². The lowest BCUT2D eigenvalue weighted by atomic mass is 10.1. The summed E-state index contributed by atoms with van der Waals surface area (Å²) in [5.74, 6) is 0.188. The average molecular weight is 277 g/mol. The molecule has 0 aromatic rings. The van der Waals surface area contributed by atoms with Crippen LogP contribution in [0.3, 0.4) is 0 Å². The molecule has 1 saturated heterocycles. The van der Waals surface area contributed by atoms with Crippen LogP contribution in [0.15, 0.2) is 0 Å². The smallest absolute Gasteiger partial charge is 0.156 e. The van der Waals surface area contributed by atoms with E-state index in [-0.39, 0.29) is 18.4 Å². The van der Waals surface area contributed by atoms with E-state index in [0.29, 0.717) is 6.54 Å². The van der Waals surface area contributed by atoms with E-state index in [1.807, 2.05) is 0 Å². The van der Waals surface area contributed by atoms with Crippen LogP contribution < -0.4 is 0 Å². The Hall–Kier alpha value is -0.130. The maximum atomic E-state index is 12.1. The summed E-state index contributed by atoms with van der Waals surface area (Å²) in [6.45, 7) is 6.82. The van der Waals surface area contributed by atoms with Crippen LogP contribution in [0.4, 0.5) is 0 Å². The van der Waals surface area contributed by atoms with Gasteiger partial charge < -0.3 is 5.11 Å². The highest BCUT2D eigenvalue weighted by Gasteiger charge is 2.30. The Morgan fingerprint density at radius 2 is 1.89 bits per heavy atom. The van der Waals surface area contributed by atoms with E-state index in [9.17, 15) is 13.5 Å². The Morgan fingerprint density at radius 1 is 1.22 bits per heavy atom. The van der Waals surface area contributed by atoms with Crippen molar-refractivity contribution in [1.82, 2.24) is 4.90 Å². The first-order valence-corrected chi connectivity index (χ1v) is 8.50. The molecule has 0 aromatic heterocycles. The van der Waals surface area contributed by atoms with Gasteiger partial charge in [0.05, 0.1) is 17.1 Å². The van der Waals surface area contributed by atoms with Crippen molar-refractivity contribution in [3.63, 3.8) is 0 Å². The normalized spacial score (nSPS) is 23.9. The van der Waals surface area contributed by atoms with Gasteiger partial charge in [-0.25, -0.2) is 8.42 Å². The van der Waals surface area contributed by atoms with Crippen LogP contribution in [0.5, 0.6) is 0 Å². The van der Waals surface area contributed by atoms with Crippen LogP contribution in [0.2, 0.25) is 0 Å². The molecule has 1 unspecified atom stereocenters. The van der Waals surface area contributed by atoms with Gasteiger partial charge in [-0.15, -0.1) is 0 Å². The maximum absolute atomic E-state index is 12.1. The molecule has 0 bridgehead atoms. The molecule has 1 aliphatic heterocycles. The van der Waals surface area contributed by atoms with Crippen molar-refractivity contribution in [2.24, 2.45) is 0 Å². The minimum Gasteiger partial charge on any atom is -0.395 e. The molecule has 1 rings (SSSR count). The van der Waals surface area contributed by atoms with Crippen molar-refractivity contribution in [2.45, 2.75) is 57.2 Å². The molecular weight excluding hydrogens is 250 g/mol. The summed E-state index contributed by atoms with van der Waals surface area (Å²) in [6, 6.07) is 0.141. The monoisotopic (exact) mass is 277 g/mol. The number of aliphatic hydroxyl groups excluding tert-OH is 1. The molecule has 0 aliphatic carbocycles. The molecular formula is C13H27NO3S. The van der Waals surface area contributed by atoms with Gasteiger partial charge in [-0.3, -0.25) is 4.90 Å². The Kier molecular flexibility index (Phi) is 5.62. The molecule has 18 heavy (non-hydrogen) atoms. The number of sulfone groups is 1. The van der Waals surface area contributed by atoms with E-state index in [0.717, 1.165) is 25.8 Å². The molecule has 1 atom stereocenters. The minimum absolute atomic E-state index is 0.134. The number of hydrogen-bond acceptors (Lipinski definition) is 4. The zero-order chi connectivity index (χ0) is 13.8. The molecule has 0 amide bonds. The number of likely N-dealkylation sites (tertiary alicyclic amines) is 1. The Morgan fingerprint density at radius 3 is 2.44 bits per heavy atom. The molecule has 108 valence electrons. The van der Waals surface area contributed by atoms with E-state index in [2.05, 4.69) is 4.90 Å². The molecule has 0 saturated carbocycles. The summed E-state index contributed by atoms with van der Waals surface area (Å²) in [5, 5.41) is 9.38. The summed E-state index contributed by atoms with van der Waals surface area (Å²) in [4.78, 5) is 2.15. The highest BCUT2D eigenvalue weighted by atomic mass is 32.2. The van der Waals surface area contributed by atoms with E-state index < -0.39 is 14.6 Å². The van der Waals surface area contributed by atoms with Crippen LogP contribution >= 0.6 is 0 Å². The molecule has 1 fully saturated rings. The summed E-state index contributed by atoms with van der Waals surface area (Å²) in [7, 11) is -3.06. The summed E-state index contributed by atoms with van der Waals surface area (Å²) >= 11 is 0. The van der Waals surface area contributed by atoms with Gasteiger partial charge in [0.25, 0.3) is 0 Å². The third kappa shape index (κ3) is 4.21. The van der Waals surface area contributed by atoms with Crippen molar-refractivity contribution in [2.75, 3.05) is 25.4 Å². The van der Waals surface area contributed by atoms with Crippen molar-refractivity contribution < 1.29 is 13.5 Å². The molecule has 4 nitrogen and oxygen atoms in total. The predicted molar refractivity (Wildman–Crippen MR) is 74.5 cm³/mol. The van der Waals surface area contributed by atoms with Gasteiger partial charge >= 0.3 is 0 Å². The first-order valence-electron chi connectivity index (χ1n) is 6.85. The van der Waals surface area contributed by atoms with Crippen molar-refractivity contribution in [3.05, 3.63) is 0 Å². The molecule has 0 spiro atoms. The van der Waals surface area contributed by atoms with E-state index >= 15 is 0 Å². The third-order valence-corrected chi connectivity index (χ3v) is 6.38. The van der Waals surface area contributed by atoms with Crippen LogP contribution in [0, 0.1) is 0 Å². The summed E-state index contributed by atoms with van der Waals surface area (Å²) in [6.07, 6.45) is 4.39. The number of rotatable bonds is 4. The maximum Gasteiger partial charge on any atom is 0.156 e. The van der Waals surface area contributed by atoms with Gasteiger partial charge in [0, 0.05) is 12.6 Å². The largest absolute Gasteiger partial charge is 0.395 e. The lowest BCUT2D eigenvalue weighted by Crippen LogP contribution is -2.42. The first-order chi connectivity index (χ1) is 8.28. The first kappa shape index (κ1) is 15.9. The molecule has 1 heterocycles. The third-order valence-electron chi connectivity index (χ3n) is 3.79. The molecule has 5 heteroatoms.